The number of hydrogen-bond acceptors (Lipinski definition) is 16. The number of nitrogens with one attached hydrogen (secondary N) is 1. The monoisotopic (exact) mass is 1030 g/mol. The van der Waals surface area contributed by atoms with Crippen molar-refractivity contribution in [3.05, 3.63) is 124 Å². The van der Waals surface area contributed by atoms with E-state index >= 15 is 0 Å². The van der Waals surface area contributed by atoms with Crippen molar-refractivity contribution in [1.82, 2.24) is 43.8 Å². The zero-order chi connectivity index (χ0) is 50.1. The highest BCUT2D eigenvalue weighted by molar-refractivity contribution is 7.90. The standard InChI is InChI=1S/C20H21FN6O2S.C16H23FN4O4S.C8H6ClN3.2CH4/c1-12-10-24-18-16(25-12)6-7-23-17(18)9-13-4-5-15(21)14(8-13)20(2)11-30(28,29)27(3)19(22)26-20;1-15(2,3)25-14(22)19-13-20-16(4,9-26(23,24)21(13)5)11-8-10(18)6-7-12(11)17;1-5-4-11-7-6(12-5)2-3-10-8(7)9;;/h4-8,10H,9,11H2,1-3H3,(H2,22,26);6-8H,9,18H2,1-5H3,(H,19,20,22);2-4H,1H3;2*1H4/t20-;16-;;;/m00.../s1. The summed E-state index contributed by atoms with van der Waals surface area (Å²) in [5.41, 5.74) is 14.4. The Bertz CT molecular complexity index is 3230. The average Bonchev–Trinajstić information content (AvgIpc) is 3.23. The number of carbonyl (C=O) groups excluding carboxylic acids is 1. The van der Waals surface area contributed by atoms with Crippen molar-refractivity contribution in [2.75, 3.05) is 31.3 Å². The van der Waals surface area contributed by atoms with Gasteiger partial charge in [0.1, 0.15) is 39.3 Å². The van der Waals surface area contributed by atoms with E-state index in [4.69, 9.17) is 27.8 Å². The first-order chi connectivity index (χ1) is 31.6. The van der Waals surface area contributed by atoms with E-state index in [9.17, 15) is 30.4 Å². The van der Waals surface area contributed by atoms with Crippen molar-refractivity contribution in [3.63, 3.8) is 0 Å². The Morgan fingerprint density at radius 2 is 1.29 bits per heavy atom. The number of nitrogens with zero attached hydrogens (tertiary/aromatic N) is 10. The van der Waals surface area contributed by atoms with Crippen LogP contribution in [0.5, 0.6) is 0 Å². The minimum Gasteiger partial charge on any atom is -0.444 e. The fourth-order valence-corrected chi connectivity index (χ4v) is 10.2. The first kappa shape index (κ1) is 55.9. The molecule has 19 nitrogen and oxygen atoms in total. The summed E-state index contributed by atoms with van der Waals surface area (Å²) in [6, 6.07) is 12.0. The van der Waals surface area contributed by atoms with E-state index in [-0.39, 0.29) is 49.3 Å². The van der Waals surface area contributed by atoms with E-state index in [1.54, 1.807) is 76.7 Å². The Balaban J connectivity index is 0.000000243. The van der Waals surface area contributed by atoms with Gasteiger partial charge >= 0.3 is 6.09 Å². The molecule has 5 N–H and O–H groups in total. The van der Waals surface area contributed by atoms with Gasteiger partial charge in [-0.25, -0.2) is 68.9 Å². The summed E-state index contributed by atoms with van der Waals surface area (Å²) in [6.07, 6.45) is 6.15. The van der Waals surface area contributed by atoms with Crippen molar-refractivity contribution < 1.29 is 35.1 Å². The number of aromatic nitrogens is 6. The van der Waals surface area contributed by atoms with Crippen LogP contribution in [0.2, 0.25) is 5.15 Å². The summed E-state index contributed by atoms with van der Waals surface area (Å²) in [7, 11) is -4.99. The zero-order valence-corrected chi connectivity index (χ0v) is 41.0. The van der Waals surface area contributed by atoms with Crippen LogP contribution in [0.1, 0.15) is 83.2 Å². The van der Waals surface area contributed by atoms with Crippen LogP contribution < -0.4 is 16.8 Å². The summed E-state index contributed by atoms with van der Waals surface area (Å²) >= 11 is 5.80. The van der Waals surface area contributed by atoms with Crippen LogP contribution in [0, 0.1) is 25.5 Å². The second kappa shape index (κ2) is 21.1. The quantitative estimate of drug-likeness (QED) is 0.120. The lowest BCUT2D eigenvalue weighted by atomic mass is 9.91. The Kier molecular flexibility index (Phi) is 16.8. The number of halogens is 3. The number of ether oxygens (including phenoxy) is 1. The van der Waals surface area contributed by atoms with Gasteiger partial charge in [0.15, 0.2) is 5.15 Å². The highest BCUT2D eigenvalue weighted by Crippen LogP contribution is 2.36. The molecule has 4 aromatic heterocycles. The number of benzene rings is 2. The summed E-state index contributed by atoms with van der Waals surface area (Å²) in [6.45, 7) is 11.8. The molecule has 24 heteroatoms. The molecule has 0 saturated carbocycles. The van der Waals surface area contributed by atoms with Crippen LogP contribution in [0.3, 0.4) is 0 Å². The number of aliphatic imine (C=N–C) groups is 2. The average molecular weight is 1030 g/mol. The molecule has 376 valence electrons. The number of hydrogen-bond donors (Lipinski definition) is 3. The Morgan fingerprint density at radius 3 is 1.87 bits per heavy atom. The fourth-order valence-electron chi connectivity index (χ4n) is 7.12. The number of nitrogens with two attached hydrogens (primary N) is 2. The molecule has 2 atom stereocenters. The number of pyridine rings is 2. The number of carbonyl (C=O) groups is 1. The second-order valence-electron chi connectivity index (χ2n) is 17.4. The Hall–Kier alpha value is -6.72. The van der Waals surface area contributed by atoms with Gasteiger partial charge in [0.25, 0.3) is 0 Å². The predicted octanol–water partition coefficient (Wildman–Crippen LogP) is 6.91. The van der Waals surface area contributed by atoms with Crippen molar-refractivity contribution in [3.8, 4) is 0 Å². The fraction of sp³-hybridized carbons (Fsp3) is 0.370. The van der Waals surface area contributed by atoms with Crippen LogP contribution in [0.25, 0.3) is 22.1 Å². The summed E-state index contributed by atoms with van der Waals surface area (Å²) in [5.74, 6) is -2.46. The van der Waals surface area contributed by atoms with Crippen molar-refractivity contribution in [2.24, 2.45) is 15.7 Å². The number of aryl methyl sites for hydroxylation is 2. The molecule has 2 aliphatic heterocycles. The largest absolute Gasteiger partial charge is 0.444 e. The van der Waals surface area contributed by atoms with E-state index in [0.29, 0.717) is 28.3 Å². The molecule has 0 saturated heterocycles. The van der Waals surface area contributed by atoms with E-state index in [1.165, 1.54) is 39.2 Å². The van der Waals surface area contributed by atoms with Gasteiger partial charge in [-0.15, -0.1) is 0 Å². The number of amides is 1. The van der Waals surface area contributed by atoms with E-state index < -0.39 is 60.2 Å². The molecule has 0 bridgehead atoms. The maximum Gasteiger partial charge on any atom is 0.414 e. The zero-order valence-electron chi connectivity index (χ0n) is 38.6. The summed E-state index contributed by atoms with van der Waals surface area (Å²) in [4.78, 5) is 46.2. The SMILES string of the molecule is C.C.CN1C(NC(=O)OC(C)(C)C)=N[C@](C)(c2cc(N)ccc2F)CS1(=O)=O.Cc1cnc2c(Cc3ccc(F)c([C@]4(C)CS(=O)(=O)N(C)C(N)=N4)c3)nccc2n1.Cc1cnc2c(Cl)nccc2n1. The van der Waals surface area contributed by atoms with Crippen molar-refractivity contribution in [1.29, 1.82) is 0 Å². The normalized spacial score (nSPS) is 19.1. The van der Waals surface area contributed by atoms with Gasteiger partial charge in [0.2, 0.25) is 32.0 Å². The molecule has 8 rings (SSSR count). The van der Waals surface area contributed by atoms with E-state index in [0.717, 1.165) is 42.7 Å². The van der Waals surface area contributed by atoms with Crippen molar-refractivity contribution in [2.45, 2.75) is 86.4 Å². The lowest BCUT2D eigenvalue weighted by Crippen LogP contribution is -2.54. The summed E-state index contributed by atoms with van der Waals surface area (Å²) in [5, 5.41) is 2.72. The molecule has 0 spiro atoms. The Labute approximate surface area is 412 Å². The smallest absolute Gasteiger partial charge is 0.414 e. The first-order valence-electron chi connectivity index (χ1n) is 20.6. The van der Waals surface area contributed by atoms with Gasteiger partial charge in [-0.05, 0) is 90.4 Å². The van der Waals surface area contributed by atoms with Crippen LogP contribution in [0.15, 0.2) is 83.3 Å². The second-order valence-corrected chi connectivity index (χ2v) is 21.7. The topological polar surface area (TPSA) is 267 Å². The molecular formula is C46H58ClF2N13O6S2. The summed E-state index contributed by atoms with van der Waals surface area (Å²) < 4.78 is 86.0. The van der Waals surface area contributed by atoms with Gasteiger partial charge in [-0.3, -0.25) is 15.3 Å². The van der Waals surface area contributed by atoms with Crippen LogP contribution >= 0.6 is 11.6 Å². The number of anilines is 1. The van der Waals surface area contributed by atoms with Gasteiger partial charge in [0.05, 0.1) is 39.6 Å². The van der Waals surface area contributed by atoms with Crippen LogP contribution in [0.4, 0.5) is 19.3 Å². The number of fused-ring (bicyclic) bond motifs is 2. The Morgan fingerprint density at radius 1 is 0.771 bits per heavy atom. The molecule has 2 aromatic carbocycles. The third-order valence-electron chi connectivity index (χ3n) is 10.5. The molecule has 2 aliphatic rings. The van der Waals surface area contributed by atoms with Gasteiger partial charge < -0.3 is 16.2 Å². The minimum absolute atomic E-state index is 0. The maximum atomic E-state index is 14.8. The third kappa shape index (κ3) is 12.7. The van der Waals surface area contributed by atoms with Gasteiger partial charge in [-0.2, -0.15) is 0 Å². The minimum atomic E-state index is -3.86. The maximum absolute atomic E-state index is 14.8. The molecule has 1 amide bonds. The lowest BCUT2D eigenvalue weighted by molar-refractivity contribution is 0.0559. The van der Waals surface area contributed by atoms with Crippen LogP contribution in [-0.4, -0.2) is 105 Å². The molecular weight excluding hydrogens is 968 g/mol. The molecule has 6 aromatic rings. The third-order valence-corrected chi connectivity index (χ3v) is 14.6. The molecule has 70 heavy (non-hydrogen) atoms. The molecule has 0 fully saturated rings. The molecule has 6 heterocycles. The van der Waals surface area contributed by atoms with Crippen LogP contribution in [-0.2, 0) is 42.3 Å². The van der Waals surface area contributed by atoms with E-state index in [1.807, 2.05) is 13.8 Å². The number of rotatable bonds is 4. The van der Waals surface area contributed by atoms with Gasteiger partial charge in [-0.1, -0.05) is 38.6 Å². The molecule has 0 unspecified atom stereocenters. The van der Waals surface area contributed by atoms with Crippen molar-refractivity contribution >= 4 is 77.4 Å². The van der Waals surface area contributed by atoms with E-state index in [2.05, 4.69) is 45.2 Å². The number of sulfonamides is 2. The first-order valence-corrected chi connectivity index (χ1v) is 24.2. The highest BCUT2D eigenvalue weighted by Gasteiger charge is 2.44. The van der Waals surface area contributed by atoms with Gasteiger partial charge in [0, 0.05) is 62.1 Å². The molecule has 0 radical (unpaired) electrons. The number of alkyl carbamates (subject to hydrolysis) is 1. The number of guanidine groups is 2. The highest BCUT2D eigenvalue weighted by atomic mass is 35.5. The molecule has 0 aliphatic carbocycles. The number of nitrogen functional groups attached to an aromatic ring is 1. The predicted molar refractivity (Wildman–Crippen MR) is 269 cm³/mol. The lowest BCUT2D eigenvalue weighted by Gasteiger charge is -2.36.